The molecule has 1 aromatic carbocycles. The molecule has 0 heterocycles. The Morgan fingerprint density at radius 3 is 2.14 bits per heavy atom. The van der Waals surface area contributed by atoms with Crippen molar-refractivity contribution in [1.82, 2.24) is 4.90 Å². The summed E-state index contributed by atoms with van der Waals surface area (Å²) in [4.78, 5) is 26.3. The lowest BCUT2D eigenvalue weighted by Gasteiger charge is -2.25. The number of amides is 2. The molecule has 0 aromatic heterocycles. The Morgan fingerprint density at radius 2 is 1.68 bits per heavy atom. The van der Waals surface area contributed by atoms with Gasteiger partial charge in [0.2, 0.25) is 0 Å². The third-order valence-electron chi connectivity index (χ3n) is 3.09. The molecule has 122 valence electrons. The summed E-state index contributed by atoms with van der Waals surface area (Å²) >= 11 is 2.22. The maximum atomic E-state index is 12.4. The van der Waals surface area contributed by atoms with Crippen LogP contribution < -0.4 is 5.32 Å². The molecule has 0 spiro atoms. The minimum Gasteiger partial charge on any atom is -0.334 e. The van der Waals surface area contributed by atoms with Gasteiger partial charge >= 0.3 is 11.8 Å². The summed E-state index contributed by atoms with van der Waals surface area (Å²) in [5, 5.41) is 2.73. The van der Waals surface area contributed by atoms with Gasteiger partial charge in [0, 0.05) is 22.3 Å². The maximum absolute atomic E-state index is 12.4. The predicted octanol–water partition coefficient (Wildman–Crippen LogP) is 3.68. The number of aryl methyl sites for hydroxylation is 1. The zero-order valence-electron chi connectivity index (χ0n) is 13.9. The van der Waals surface area contributed by atoms with Crippen molar-refractivity contribution in [3.8, 4) is 0 Å². The van der Waals surface area contributed by atoms with Crippen LogP contribution >= 0.6 is 22.6 Å². The molecule has 4 nitrogen and oxygen atoms in total. The zero-order chi connectivity index (χ0) is 16.9. The van der Waals surface area contributed by atoms with Gasteiger partial charge in [-0.05, 0) is 65.1 Å². The summed E-state index contributed by atoms with van der Waals surface area (Å²) in [6.45, 7) is 11.3. The van der Waals surface area contributed by atoms with Crippen LogP contribution in [0, 0.1) is 22.3 Å². The van der Waals surface area contributed by atoms with E-state index < -0.39 is 11.8 Å². The van der Waals surface area contributed by atoms with E-state index in [4.69, 9.17) is 0 Å². The average molecular weight is 416 g/mol. The van der Waals surface area contributed by atoms with E-state index in [0.717, 1.165) is 9.13 Å². The van der Waals surface area contributed by atoms with Gasteiger partial charge in [-0.3, -0.25) is 9.59 Å². The topological polar surface area (TPSA) is 49.4 Å². The van der Waals surface area contributed by atoms with Gasteiger partial charge in [0.05, 0.1) is 0 Å². The Labute approximate surface area is 146 Å². The lowest BCUT2D eigenvalue weighted by atomic mass is 10.1. The first-order valence-corrected chi connectivity index (χ1v) is 8.65. The van der Waals surface area contributed by atoms with Crippen molar-refractivity contribution in [3.63, 3.8) is 0 Å². The molecule has 0 aliphatic rings. The van der Waals surface area contributed by atoms with E-state index in [2.05, 4.69) is 27.9 Å². The van der Waals surface area contributed by atoms with Crippen LogP contribution in [0.5, 0.6) is 0 Å². The molecule has 0 unspecified atom stereocenters. The van der Waals surface area contributed by atoms with E-state index in [1.54, 1.807) is 4.90 Å². The molecule has 0 bridgehead atoms. The van der Waals surface area contributed by atoms with Crippen molar-refractivity contribution in [1.29, 1.82) is 0 Å². The van der Waals surface area contributed by atoms with Crippen LogP contribution in [-0.4, -0.2) is 29.8 Å². The van der Waals surface area contributed by atoms with Gasteiger partial charge in [-0.15, -0.1) is 0 Å². The van der Waals surface area contributed by atoms with Gasteiger partial charge in [-0.2, -0.15) is 0 Å². The SMILES string of the molecule is Cc1cc(I)ccc1NC(=O)C(=O)N(CC(C)C)CC(C)C. The Balaban J connectivity index is 2.82. The lowest BCUT2D eigenvalue weighted by molar-refractivity contribution is -0.143. The summed E-state index contributed by atoms with van der Waals surface area (Å²) in [5.41, 5.74) is 1.64. The minimum atomic E-state index is -0.564. The smallest absolute Gasteiger partial charge is 0.313 e. The van der Waals surface area contributed by atoms with E-state index in [9.17, 15) is 9.59 Å². The molecule has 1 aromatic rings. The molecular weight excluding hydrogens is 391 g/mol. The molecule has 0 radical (unpaired) electrons. The molecule has 1 rings (SSSR count). The molecule has 0 saturated carbocycles. The van der Waals surface area contributed by atoms with E-state index in [0.29, 0.717) is 30.6 Å². The molecule has 5 heteroatoms. The van der Waals surface area contributed by atoms with Crippen molar-refractivity contribution in [2.75, 3.05) is 18.4 Å². The van der Waals surface area contributed by atoms with Crippen molar-refractivity contribution in [3.05, 3.63) is 27.3 Å². The quantitative estimate of drug-likeness (QED) is 0.588. The lowest BCUT2D eigenvalue weighted by Crippen LogP contribution is -2.43. The van der Waals surface area contributed by atoms with Crippen LogP contribution in [0.15, 0.2) is 18.2 Å². The number of carbonyl (C=O) groups excluding carboxylic acids is 2. The highest BCUT2D eigenvalue weighted by atomic mass is 127. The van der Waals surface area contributed by atoms with E-state index in [1.165, 1.54) is 0 Å². The highest BCUT2D eigenvalue weighted by Gasteiger charge is 2.23. The molecule has 1 N–H and O–H groups in total. The summed E-state index contributed by atoms with van der Waals surface area (Å²) in [6.07, 6.45) is 0. The first kappa shape index (κ1) is 18.9. The van der Waals surface area contributed by atoms with Gasteiger partial charge in [0.25, 0.3) is 0 Å². The van der Waals surface area contributed by atoms with Gasteiger partial charge in [0.15, 0.2) is 0 Å². The summed E-state index contributed by atoms with van der Waals surface area (Å²) in [6, 6.07) is 5.71. The Hall–Kier alpha value is -1.11. The van der Waals surface area contributed by atoms with Crippen molar-refractivity contribution < 1.29 is 9.59 Å². The van der Waals surface area contributed by atoms with Crippen molar-refractivity contribution >= 4 is 40.1 Å². The fourth-order valence-electron chi connectivity index (χ4n) is 2.21. The normalized spacial score (nSPS) is 10.9. The zero-order valence-corrected chi connectivity index (χ0v) is 16.1. The fourth-order valence-corrected chi connectivity index (χ4v) is 2.86. The Morgan fingerprint density at radius 1 is 1.14 bits per heavy atom. The van der Waals surface area contributed by atoms with Crippen molar-refractivity contribution in [2.45, 2.75) is 34.6 Å². The van der Waals surface area contributed by atoms with Gasteiger partial charge < -0.3 is 10.2 Å². The summed E-state index contributed by atoms with van der Waals surface area (Å²) < 4.78 is 1.10. The Bertz CT molecular complexity index is 531. The van der Waals surface area contributed by atoms with Crippen LogP contribution in [0.3, 0.4) is 0 Å². The van der Waals surface area contributed by atoms with E-state index >= 15 is 0 Å². The van der Waals surface area contributed by atoms with Crippen LogP contribution in [0.4, 0.5) is 5.69 Å². The number of hydrogen-bond acceptors (Lipinski definition) is 2. The van der Waals surface area contributed by atoms with E-state index in [-0.39, 0.29) is 0 Å². The fraction of sp³-hybridized carbons (Fsp3) is 0.529. The van der Waals surface area contributed by atoms with Crippen LogP contribution in [0.1, 0.15) is 33.3 Å². The Kier molecular flexibility index (Phi) is 7.32. The second-order valence-corrected chi connectivity index (χ2v) is 7.66. The third-order valence-corrected chi connectivity index (χ3v) is 3.76. The second kappa shape index (κ2) is 8.50. The van der Waals surface area contributed by atoms with E-state index in [1.807, 2.05) is 52.8 Å². The number of nitrogens with zero attached hydrogens (tertiary/aromatic N) is 1. The number of hydrogen-bond donors (Lipinski definition) is 1. The average Bonchev–Trinajstić information content (AvgIpc) is 2.39. The van der Waals surface area contributed by atoms with Gasteiger partial charge in [-0.1, -0.05) is 27.7 Å². The largest absolute Gasteiger partial charge is 0.334 e. The molecular formula is C17H25IN2O2. The number of nitrogens with one attached hydrogen (secondary N) is 1. The van der Waals surface area contributed by atoms with Gasteiger partial charge in [0.1, 0.15) is 0 Å². The number of anilines is 1. The van der Waals surface area contributed by atoms with Crippen molar-refractivity contribution in [2.24, 2.45) is 11.8 Å². The second-order valence-electron chi connectivity index (χ2n) is 6.41. The highest BCUT2D eigenvalue weighted by Crippen LogP contribution is 2.18. The molecule has 2 amide bonds. The molecule has 0 saturated heterocycles. The molecule has 0 fully saturated rings. The van der Waals surface area contributed by atoms with Crippen LogP contribution in [-0.2, 0) is 9.59 Å². The number of benzene rings is 1. The monoisotopic (exact) mass is 416 g/mol. The minimum absolute atomic E-state index is 0.329. The highest BCUT2D eigenvalue weighted by molar-refractivity contribution is 14.1. The standard InChI is InChI=1S/C17H25IN2O2/c1-11(2)9-20(10-12(3)4)17(22)16(21)19-15-7-6-14(18)8-13(15)5/h6-8,11-12H,9-10H2,1-5H3,(H,19,21). The third kappa shape index (κ3) is 5.94. The first-order chi connectivity index (χ1) is 10.2. The predicted molar refractivity (Wildman–Crippen MR) is 98.8 cm³/mol. The number of rotatable bonds is 5. The van der Waals surface area contributed by atoms with Gasteiger partial charge in [-0.25, -0.2) is 0 Å². The number of carbonyl (C=O) groups is 2. The molecule has 0 aliphatic carbocycles. The summed E-state index contributed by atoms with van der Waals surface area (Å²) in [7, 11) is 0. The molecule has 0 atom stereocenters. The molecule has 22 heavy (non-hydrogen) atoms. The van der Waals surface area contributed by atoms with Crippen LogP contribution in [0.25, 0.3) is 0 Å². The maximum Gasteiger partial charge on any atom is 0.313 e. The van der Waals surface area contributed by atoms with Crippen LogP contribution in [0.2, 0.25) is 0 Å². The summed E-state index contributed by atoms with van der Waals surface area (Å²) in [5.74, 6) is -0.364. The first-order valence-electron chi connectivity index (χ1n) is 7.57. The number of halogens is 1. The molecule has 0 aliphatic heterocycles.